The summed E-state index contributed by atoms with van der Waals surface area (Å²) in [7, 11) is 0. The zero-order valence-electron chi connectivity index (χ0n) is 16.0. The Balaban J connectivity index is 2.03. The molecular formula is C18H22F3N5O2S. The molecule has 1 heterocycles. The van der Waals surface area contributed by atoms with E-state index in [0.29, 0.717) is 23.9 Å². The highest BCUT2D eigenvalue weighted by molar-refractivity contribution is 7.99. The lowest BCUT2D eigenvalue weighted by Gasteiger charge is -2.12. The maximum Gasteiger partial charge on any atom is 0.416 e. The topological polar surface area (TPSA) is 103 Å². The molecule has 0 spiro atoms. The van der Waals surface area contributed by atoms with Gasteiger partial charge in [0.15, 0.2) is 5.16 Å². The SMILES string of the molecule is CC(C)Cn1c(CCC(N)=O)nnc1SCC(=O)Nc1cccc(C(F)(F)F)c1. The van der Waals surface area contributed by atoms with Crippen LogP contribution in [-0.4, -0.2) is 32.3 Å². The first kappa shape index (κ1) is 22.7. The van der Waals surface area contributed by atoms with E-state index in [-0.39, 0.29) is 23.8 Å². The number of aromatic nitrogens is 3. The fourth-order valence-corrected chi connectivity index (χ4v) is 3.26. The first-order valence-electron chi connectivity index (χ1n) is 8.86. The summed E-state index contributed by atoms with van der Waals surface area (Å²) < 4.78 is 40.2. The second-order valence-corrected chi connectivity index (χ2v) is 7.73. The van der Waals surface area contributed by atoms with Crippen LogP contribution in [0.5, 0.6) is 0 Å². The van der Waals surface area contributed by atoms with Gasteiger partial charge in [0.25, 0.3) is 0 Å². The molecule has 3 N–H and O–H groups in total. The van der Waals surface area contributed by atoms with Crippen molar-refractivity contribution in [2.24, 2.45) is 11.7 Å². The van der Waals surface area contributed by atoms with Crippen molar-refractivity contribution in [1.29, 1.82) is 0 Å². The third-order valence-corrected chi connectivity index (χ3v) is 4.71. The second kappa shape index (κ2) is 9.77. The minimum Gasteiger partial charge on any atom is -0.370 e. The number of hydrogen-bond acceptors (Lipinski definition) is 5. The van der Waals surface area contributed by atoms with Gasteiger partial charge in [0.05, 0.1) is 11.3 Å². The molecule has 0 aliphatic rings. The molecule has 29 heavy (non-hydrogen) atoms. The zero-order chi connectivity index (χ0) is 21.6. The molecule has 2 rings (SSSR count). The van der Waals surface area contributed by atoms with Crippen molar-refractivity contribution in [3.63, 3.8) is 0 Å². The Morgan fingerprint density at radius 2 is 2.00 bits per heavy atom. The van der Waals surface area contributed by atoms with E-state index in [0.717, 1.165) is 23.9 Å². The van der Waals surface area contributed by atoms with Crippen LogP contribution in [0.2, 0.25) is 0 Å². The van der Waals surface area contributed by atoms with E-state index in [2.05, 4.69) is 15.5 Å². The van der Waals surface area contributed by atoms with Crippen LogP contribution < -0.4 is 11.1 Å². The van der Waals surface area contributed by atoms with Crippen molar-refractivity contribution in [2.45, 2.75) is 44.6 Å². The third kappa shape index (κ3) is 7.08. The van der Waals surface area contributed by atoms with Crippen molar-refractivity contribution in [3.8, 4) is 0 Å². The molecular weight excluding hydrogens is 407 g/mol. The van der Waals surface area contributed by atoms with Gasteiger partial charge in [-0.25, -0.2) is 0 Å². The molecule has 0 unspecified atom stereocenters. The predicted molar refractivity (Wildman–Crippen MR) is 103 cm³/mol. The molecule has 0 saturated heterocycles. The van der Waals surface area contributed by atoms with Crippen molar-refractivity contribution < 1.29 is 22.8 Å². The molecule has 0 aliphatic heterocycles. The van der Waals surface area contributed by atoms with E-state index in [1.54, 1.807) is 0 Å². The minimum atomic E-state index is -4.48. The highest BCUT2D eigenvalue weighted by Gasteiger charge is 2.30. The summed E-state index contributed by atoms with van der Waals surface area (Å²) in [6.45, 7) is 4.61. The molecule has 0 radical (unpaired) electrons. The van der Waals surface area contributed by atoms with Crippen molar-refractivity contribution in [2.75, 3.05) is 11.1 Å². The number of nitrogens with one attached hydrogen (secondary N) is 1. The lowest BCUT2D eigenvalue weighted by molar-refractivity contribution is -0.137. The monoisotopic (exact) mass is 429 g/mol. The molecule has 0 aliphatic carbocycles. The van der Waals surface area contributed by atoms with Crippen LogP contribution in [0.3, 0.4) is 0 Å². The first-order valence-corrected chi connectivity index (χ1v) is 9.85. The number of anilines is 1. The second-order valence-electron chi connectivity index (χ2n) is 6.78. The number of carbonyl (C=O) groups excluding carboxylic acids is 2. The summed E-state index contributed by atoms with van der Waals surface area (Å²) in [5.41, 5.74) is 4.41. The van der Waals surface area contributed by atoms with E-state index in [1.165, 1.54) is 12.1 Å². The molecule has 0 saturated carbocycles. The number of amides is 2. The van der Waals surface area contributed by atoms with Gasteiger partial charge in [0.1, 0.15) is 5.82 Å². The number of alkyl halides is 3. The summed E-state index contributed by atoms with van der Waals surface area (Å²) in [6, 6.07) is 4.44. The van der Waals surface area contributed by atoms with E-state index >= 15 is 0 Å². The van der Waals surface area contributed by atoms with Gasteiger partial charge < -0.3 is 15.6 Å². The number of aryl methyl sites for hydroxylation is 1. The fraction of sp³-hybridized carbons (Fsp3) is 0.444. The predicted octanol–water partition coefficient (Wildman–Crippen LogP) is 3.10. The molecule has 11 heteroatoms. The molecule has 158 valence electrons. The van der Waals surface area contributed by atoms with Gasteiger partial charge in [-0.3, -0.25) is 9.59 Å². The van der Waals surface area contributed by atoms with Gasteiger partial charge in [-0.2, -0.15) is 13.2 Å². The van der Waals surface area contributed by atoms with Crippen LogP contribution in [0, 0.1) is 5.92 Å². The maximum atomic E-state index is 12.8. The molecule has 1 aromatic carbocycles. The zero-order valence-corrected chi connectivity index (χ0v) is 16.8. The van der Waals surface area contributed by atoms with Crippen molar-refractivity contribution >= 4 is 29.3 Å². The van der Waals surface area contributed by atoms with Crippen LogP contribution in [-0.2, 0) is 28.7 Å². The number of thioether (sulfide) groups is 1. The summed E-state index contributed by atoms with van der Waals surface area (Å²) in [5.74, 6) is -0.0942. The number of carbonyl (C=O) groups is 2. The van der Waals surface area contributed by atoms with E-state index in [1.807, 2.05) is 18.4 Å². The number of nitrogens with zero attached hydrogens (tertiary/aromatic N) is 3. The molecule has 0 fully saturated rings. The quantitative estimate of drug-likeness (QED) is 0.597. The molecule has 0 bridgehead atoms. The normalized spacial score (nSPS) is 11.7. The van der Waals surface area contributed by atoms with Gasteiger partial charge in [0, 0.05) is 25.1 Å². The smallest absolute Gasteiger partial charge is 0.370 e. The summed E-state index contributed by atoms with van der Waals surface area (Å²) in [4.78, 5) is 23.2. The molecule has 2 aromatic rings. The van der Waals surface area contributed by atoms with Crippen LogP contribution in [0.15, 0.2) is 29.4 Å². The number of primary amides is 1. The molecule has 0 atom stereocenters. The highest BCUT2D eigenvalue weighted by Crippen LogP contribution is 2.30. The van der Waals surface area contributed by atoms with Crippen LogP contribution in [0.25, 0.3) is 0 Å². The first-order chi connectivity index (χ1) is 13.6. The number of rotatable bonds is 9. The minimum absolute atomic E-state index is 0.0533. The van der Waals surface area contributed by atoms with Crippen molar-refractivity contribution in [3.05, 3.63) is 35.7 Å². The van der Waals surface area contributed by atoms with Gasteiger partial charge in [0.2, 0.25) is 11.8 Å². The van der Waals surface area contributed by atoms with Gasteiger partial charge >= 0.3 is 6.18 Å². The van der Waals surface area contributed by atoms with Crippen LogP contribution in [0.1, 0.15) is 31.7 Å². The van der Waals surface area contributed by atoms with Crippen molar-refractivity contribution in [1.82, 2.24) is 14.8 Å². The van der Waals surface area contributed by atoms with Gasteiger partial charge in [-0.05, 0) is 24.1 Å². The Labute approximate surface area is 170 Å². The molecule has 2 amide bonds. The number of hydrogen-bond donors (Lipinski definition) is 2. The maximum absolute atomic E-state index is 12.8. The lowest BCUT2D eigenvalue weighted by atomic mass is 10.2. The lowest BCUT2D eigenvalue weighted by Crippen LogP contribution is -2.17. The van der Waals surface area contributed by atoms with Gasteiger partial charge in [-0.15, -0.1) is 10.2 Å². The average molecular weight is 429 g/mol. The van der Waals surface area contributed by atoms with Gasteiger partial charge in [-0.1, -0.05) is 31.7 Å². The summed E-state index contributed by atoms with van der Waals surface area (Å²) in [5, 5.41) is 11.1. The number of halogens is 3. The van der Waals surface area contributed by atoms with E-state index < -0.39 is 23.6 Å². The Bertz CT molecular complexity index is 867. The molecule has 7 nitrogen and oxygen atoms in total. The van der Waals surface area contributed by atoms with E-state index in [4.69, 9.17) is 5.73 Å². The van der Waals surface area contributed by atoms with Crippen LogP contribution in [0.4, 0.5) is 18.9 Å². The Hall–Kier alpha value is -2.56. The highest BCUT2D eigenvalue weighted by atomic mass is 32.2. The Morgan fingerprint density at radius 3 is 2.62 bits per heavy atom. The Kier molecular flexibility index (Phi) is 7.66. The summed E-state index contributed by atoms with van der Waals surface area (Å²) >= 11 is 1.12. The molecule has 1 aromatic heterocycles. The number of nitrogens with two attached hydrogens (primary N) is 1. The fourth-order valence-electron chi connectivity index (χ4n) is 2.49. The number of benzene rings is 1. The largest absolute Gasteiger partial charge is 0.416 e. The van der Waals surface area contributed by atoms with Crippen LogP contribution >= 0.6 is 11.8 Å². The average Bonchev–Trinajstić information content (AvgIpc) is 2.98. The standard InChI is InChI=1S/C18H22F3N5O2S/c1-11(2)9-26-15(7-6-14(22)27)24-25-17(26)29-10-16(28)23-13-5-3-4-12(8-13)18(19,20)21/h3-5,8,11H,6-7,9-10H2,1-2H3,(H2,22,27)(H,23,28). The third-order valence-electron chi connectivity index (χ3n) is 3.74. The summed E-state index contributed by atoms with van der Waals surface area (Å²) in [6.07, 6.45) is -4.01. The van der Waals surface area contributed by atoms with E-state index in [9.17, 15) is 22.8 Å². The Morgan fingerprint density at radius 1 is 1.28 bits per heavy atom.